The molecule has 0 aromatic heterocycles. The van der Waals surface area contributed by atoms with Gasteiger partial charge in [-0.05, 0) is 45.6 Å². The summed E-state index contributed by atoms with van der Waals surface area (Å²) >= 11 is 0. The number of amides is 1. The number of hydrogen-bond donors (Lipinski definition) is 4. The third-order valence-electron chi connectivity index (χ3n) is 4.54. The highest BCUT2D eigenvalue weighted by atomic mass is 16.3. The maximum absolute atomic E-state index is 11.8. The van der Waals surface area contributed by atoms with Crippen molar-refractivity contribution in [1.29, 1.82) is 0 Å². The van der Waals surface area contributed by atoms with Crippen LogP contribution in [0.25, 0.3) is 0 Å². The zero-order valence-corrected chi connectivity index (χ0v) is 19.6. The van der Waals surface area contributed by atoms with Crippen LogP contribution >= 0.6 is 0 Å². The Morgan fingerprint density at radius 2 is 1.67 bits per heavy atom. The van der Waals surface area contributed by atoms with E-state index in [1.807, 2.05) is 32.9 Å². The normalized spacial score (nSPS) is 18.2. The van der Waals surface area contributed by atoms with E-state index < -0.39 is 12.2 Å². The maximum atomic E-state index is 11.8. The molecule has 0 aromatic rings. The summed E-state index contributed by atoms with van der Waals surface area (Å²) in [4.78, 5) is 11.8. The number of nitrogens with one attached hydrogen (secondary N) is 1. The van der Waals surface area contributed by atoms with Crippen LogP contribution in [0.5, 0.6) is 0 Å². The van der Waals surface area contributed by atoms with Gasteiger partial charge >= 0.3 is 0 Å². The van der Waals surface area contributed by atoms with Gasteiger partial charge in [0.2, 0.25) is 5.91 Å². The van der Waals surface area contributed by atoms with Gasteiger partial charge < -0.3 is 20.6 Å². The highest BCUT2D eigenvalue weighted by molar-refractivity contribution is 5.93. The smallest absolute Gasteiger partial charge is 0.247 e. The number of rotatable bonds is 12. The van der Waals surface area contributed by atoms with Crippen molar-refractivity contribution in [2.24, 2.45) is 11.8 Å². The molecule has 0 heterocycles. The first-order valence-electron chi connectivity index (χ1n) is 10.6. The van der Waals surface area contributed by atoms with Crippen LogP contribution in [-0.4, -0.2) is 46.1 Å². The predicted octanol–water partition coefficient (Wildman–Crippen LogP) is 3.84. The first-order chi connectivity index (χ1) is 14.0. The molecule has 0 saturated carbocycles. The zero-order valence-electron chi connectivity index (χ0n) is 19.6. The molecule has 0 radical (unpaired) electrons. The van der Waals surface area contributed by atoms with E-state index in [1.165, 1.54) is 0 Å². The van der Waals surface area contributed by atoms with E-state index in [9.17, 15) is 15.0 Å². The minimum absolute atomic E-state index is 0.0190. The van der Waals surface area contributed by atoms with Crippen molar-refractivity contribution in [3.63, 3.8) is 0 Å². The molecule has 170 valence electrons. The Labute approximate surface area is 182 Å². The van der Waals surface area contributed by atoms with Gasteiger partial charge in [-0.1, -0.05) is 68.9 Å². The number of aliphatic hydroxyl groups excluding tert-OH is 3. The third-order valence-corrected chi connectivity index (χ3v) is 4.54. The van der Waals surface area contributed by atoms with Gasteiger partial charge in [0, 0.05) is 17.5 Å². The number of hydrogen-bond acceptors (Lipinski definition) is 4. The molecule has 0 spiro atoms. The Kier molecular flexibility index (Phi) is 14.0. The summed E-state index contributed by atoms with van der Waals surface area (Å²) in [6.45, 7) is 13.4. The average molecular weight is 420 g/mol. The summed E-state index contributed by atoms with van der Waals surface area (Å²) in [6, 6.07) is -0.285. The molecule has 0 aromatic carbocycles. The SMILES string of the molecule is CC(C=CC(O)CC=CC=C(C)C(=O)NC(C)CO)=CC(C)C(O)C(C)=CC(C)C. The molecule has 5 nitrogen and oxygen atoms in total. The molecule has 0 bridgehead atoms. The quantitative estimate of drug-likeness (QED) is 0.220. The van der Waals surface area contributed by atoms with Gasteiger partial charge in [-0.2, -0.15) is 0 Å². The van der Waals surface area contributed by atoms with E-state index in [0.29, 0.717) is 17.9 Å². The Morgan fingerprint density at radius 3 is 2.23 bits per heavy atom. The lowest BCUT2D eigenvalue weighted by Crippen LogP contribution is -2.35. The largest absolute Gasteiger partial charge is 0.394 e. The molecule has 0 rings (SSSR count). The van der Waals surface area contributed by atoms with Crippen LogP contribution in [0.2, 0.25) is 0 Å². The standard InChI is InChI=1S/C25H41NO4/c1-17(2)14-20(5)24(29)21(6)15-18(3)12-13-23(28)11-9-8-10-19(4)25(30)26-22(7)16-27/h8-10,12-15,17,21-24,27-29H,11,16H2,1-7H3,(H,26,30). The summed E-state index contributed by atoms with van der Waals surface area (Å²) in [5.41, 5.74) is 2.48. The fourth-order valence-electron chi connectivity index (χ4n) is 2.83. The Hall–Kier alpha value is -1.95. The fourth-order valence-corrected chi connectivity index (χ4v) is 2.83. The number of carbonyl (C=O) groups excluding carboxylic acids is 1. The molecule has 0 aliphatic rings. The van der Waals surface area contributed by atoms with Gasteiger partial charge in [0.25, 0.3) is 0 Å². The van der Waals surface area contributed by atoms with Crippen molar-refractivity contribution in [3.8, 4) is 0 Å². The summed E-state index contributed by atoms with van der Waals surface area (Å²) < 4.78 is 0. The molecule has 4 unspecified atom stereocenters. The van der Waals surface area contributed by atoms with Crippen molar-refractivity contribution < 1.29 is 20.1 Å². The lowest BCUT2D eigenvalue weighted by atomic mass is 9.94. The topological polar surface area (TPSA) is 89.8 Å². The van der Waals surface area contributed by atoms with Crippen LogP contribution in [0.1, 0.15) is 54.9 Å². The molecule has 0 aliphatic heterocycles. The first kappa shape index (κ1) is 28.1. The number of carbonyl (C=O) groups is 1. The molecule has 1 amide bonds. The van der Waals surface area contributed by atoms with Gasteiger partial charge in [-0.25, -0.2) is 0 Å². The van der Waals surface area contributed by atoms with E-state index in [0.717, 1.165) is 11.1 Å². The Bertz CT molecular complexity index is 671. The minimum atomic E-state index is -0.635. The second-order valence-corrected chi connectivity index (χ2v) is 8.37. The lowest BCUT2D eigenvalue weighted by molar-refractivity contribution is -0.118. The van der Waals surface area contributed by atoms with Crippen LogP contribution in [-0.2, 0) is 4.79 Å². The van der Waals surface area contributed by atoms with Crippen LogP contribution in [0.4, 0.5) is 0 Å². The molecule has 0 saturated heterocycles. The van der Waals surface area contributed by atoms with Crippen LogP contribution in [0, 0.1) is 11.8 Å². The minimum Gasteiger partial charge on any atom is -0.394 e. The molecule has 4 atom stereocenters. The van der Waals surface area contributed by atoms with Gasteiger partial charge in [-0.3, -0.25) is 4.79 Å². The van der Waals surface area contributed by atoms with Crippen molar-refractivity contribution in [3.05, 3.63) is 59.3 Å². The van der Waals surface area contributed by atoms with Crippen LogP contribution in [0.15, 0.2) is 59.3 Å². The van der Waals surface area contributed by atoms with Crippen molar-refractivity contribution in [2.45, 2.75) is 73.1 Å². The lowest BCUT2D eigenvalue weighted by Gasteiger charge is -2.18. The first-order valence-corrected chi connectivity index (χ1v) is 10.6. The van der Waals surface area contributed by atoms with Crippen LogP contribution in [0.3, 0.4) is 0 Å². The summed E-state index contributed by atoms with van der Waals surface area (Å²) in [5.74, 6) is 0.156. The Balaban J connectivity index is 4.67. The van der Waals surface area contributed by atoms with E-state index in [2.05, 4.69) is 25.2 Å². The highest BCUT2D eigenvalue weighted by Gasteiger charge is 2.14. The second kappa shape index (κ2) is 14.9. The van der Waals surface area contributed by atoms with Crippen molar-refractivity contribution in [2.75, 3.05) is 6.61 Å². The van der Waals surface area contributed by atoms with E-state index >= 15 is 0 Å². The van der Waals surface area contributed by atoms with E-state index in [-0.39, 0.29) is 24.5 Å². The predicted molar refractivity (Wildman–Crippen MR) is 125 cm³/mol. The molecular formula is C25H41NO4. The monoisotopic (exact) mass is 419 g/mol. The molecular weight excluding hydrogens is 378 g/mol. The second-order valence-electron chi connectivity index (χ2n) is 8.37. The molecule has 4 N–H and O–H groups in total. The highest BCUT2D eigenvalue weighted by Crippen LogP contribution is 2.17. The number of aliphatic hydroxyl groups is 3. The van der Waals surface area contributed by atoms with E-state index in [1.54, 1.807) is 38.2 Å². The Morgan fingerprint density at radius 1 is 1.03 bits per heavy atom. The fraction of sp³-hybridized carbons (Fsp3) is 0.560. The number of allylic oxidation sites excluding steroid dienone is 5. The van der Waals surface area contributed by atoms with Gasteiger partial charge in [0.15, 0.2) is 0 Å². The maximum Gasteiger partial charge on any atom is 0.247 e. The summed E-state index contributed by atoms with van der Waals surface area (Å²) in [6.07, 6.45) is 12.1. The van der Waals surface area contributed by atoms with E-state index in [4.69, 9.17) is 5.11 Å². The van der Waals surface area contributed by atoms with Gasteiger partial charge in [-0.15, -0.1) is 0 Å². The molecule has 30 heavy (non-hydrogen) atoms. The summed E-state index contributed by atoms with van der Waals surface area (Å²) in [7, 11) is 0. The molecule has 5 heteroatoms. The molecule has 0 aliphatic carbocycles. The summed E-state index contributed by atoms with van der Waals surface area (Å²) in [5, 5.41) is 32.1. The van der Waals surface area contributed by atoms with Gasteiger partial charge in [0.1, 0.15) is 0 Å². The van der Waals surface area contributed by atoms with Crippen molar-refractivity contribution in [1.82, 2.24) is 5.32 Å². The van der Waals surface area contributed by atoms with Crippen LogP contribution < -0.4 is 5.32 Å². The molecule has 0 fully saturated rings. The average Bonchev–Trinajstić information content (AvgIpc) is 2.67. The zero-order chi connectivity index (χ0) is 23.3. The third kappa shape index (κ3) is 12.6. The van der Waals surface area contributed by atoms with Crippen molar-refractivity contribution >= 4 is 5.91 Å². The van der Waals surface area contributed by atoms with Gasteiger partial charge in [0.05, 0.1) is 18.8 Å².